The van der Waals surface area contributed by atoms with Gasteiger partial charge in [-0.2, -0.15) is 4.31 Å². The standard InChI is InChI=1S/C24H23N5O4S/c1-17-13-19(14-18-7-5-6-10-21(17)18)24(30)22-15-27(34(31,32)20-8-3-2-4-9-20)11-12-28(22)29-16-23(25)33-26-29/h2-10,13-14,16,22,25H,11-12,15H2,1H3. The first-order chi connectivity index (χ1) is 16.3. The van der Waals surface area contributed by atoms with Crippen LogP contribution in [0.4, 0.5) is 0 Å². The van der Waals surface area contributed by atoms with E-state index < -0.39 is 16.1 Å². The monoisotopic (exact) mass is 477 g/mol. The molecular weight excluding hydrogens is 454 g/mol. The molecular formula is C24H23N5O4S. The molecule has 1 unspecified atom stereocenters. The summed E-state index contributed by atoms with van der Waals surface area (Å²) in [5, 5.41) is 15.1. The van der Waals surface area contributed by atoms with Crippen LogP contribution in [0.5, 0.6) is 0 Å². The maximum Gasteiger partial charge on any atom is 0.286 e. The number of piperazine rings is 1. The summed E-state index contributed by atoms with van der Waals surface area (Å²) in [6.07, 6.45) is 1.35. The molecule has 1 fully saturated rings. The number of benzene rings is 3. The van der Waals surface area contributed by atoms with Crippen LogP contribution in [0.3, 0.4) is 0 Å². The summed E-state index contributed by atoms with van der Waals surface area (Å²) in [6, 6.07) is 18.8. The van der Waals surface area contributed by atoms with Crippen molar-refractivity contribution in [1.82, 2.24) is 9.58 Å². The molecule has 1 atom stereocenters. The molecule has 3 aromatic carbocycles. The summed E-state index contributed by atoms with van der Waals surface area (Å²) in [5.74, 6) is -0.233. The Morgan fingerprint density at radius 2 is 1.82 bits per heavy atom. The molecule has 174 valence electrons. The van der Waals surface area contributed by atoms with Gasteiger partial charge in [-0.15, -0.1) is 0 Å². The first-order valence-corrected chi connectivity index (χ1v) is 12.2. The molecule has 0 bridgehead atoms. The van der Waals surface area contributed by atoms with Crippen molar-refractivity contribution in [2.24, 2.45) is 0 Å². The van der Waals surface area contributed by atoms with E-state index in [1.165, 1.54) is 15.3 Å². The van der Waals surface area contributed by atoms with Crippen molar-refractivity contribution < 1.29 is 22.5 Å². The zero-order valence-corrected chi connectivity index (χ0v) is 19.3. The molecule has 0 aliphatic carbocycles. The number of ketones is 1. The van der Waals surface area contributed by atoms with Crippen molar-refractivity contribution in [3.8, 4) is 0 Å². The van der Waals surface area contributed by atoms with Gasteiger partial charge in [0.15, 0.2) is 5.78 Å². The Hall–Kier alpha value is -3.76. The van der Waals surface area contributed by atoms with E-state index in [9.17, 15) is 13.2 Å². The average Bonchev–Trinajstić information content (AvgIpc) is 3.29. The molecule has 0 spiro atoms. The lowest BCUT2D eigenvalue weighted by molar-refractivity contribution is -0.766. The molecule has 1 saturated heterocycles. The number of aryl methyl sites for hydroxylation is 1. The summed E-state index contributed by atoms with van der Waals surface area (Å²) in [4.78, 5) is 15.3. The number of carbonyl (C=O) groups is 1. The van der Waals surface area contributed by atoms with Crippen LogP contribution in [0.15, 0.2) is 82.3 Å². The minimum absolute atomic E-state index is 0.0604. The van der Waals surface area contributed by atoms with E-state index in [2.05, 4.69) is 5.27 Å². The predicted molar refractivity (Wildman–Crippen MR) is 123 cm³/mol. The van der Waals surface area contributed by atoms with E-state index in [1.807, 2.05) is 43.3 Å². The van der Waals surface area contributed by atoms with E-state index in [-0.39, 0.29) is 35.9 Å². The SMILES string of the molecule is Cc1cc(C(=O)C2CN(S(=O)(=O)c3ccccc3)CCN2[n+]2cc(=N)o[n-]2)cc2ccccc12. The number of aromatic nitrogens is 2. The average molecular weight is 478 g/mol. The molecule has 0 amide bonds. The van der Waals surface area contributed by atoms with Gasteiger partial charge in [0.1, 0.15) is 0 Å². The van der Waals surface area contributed by atoms with Gasteiger partial charge in [-0.3, -0.25) is 15.2 Å². The van der Waals surface area contributed by atoms with Gasteiger partial charge in [-0.05, 0) is 52.8 Å². The fraction of sp³-hybridized carbons (Fsp3) is 0.208. The maximum atomic E-state index is 13.8. The summed E-state index contributed by atoms with van der Waals surface area (Å²) >= 11 is 0. The molecule has 1 aliphatic rings. The number of fused-ring (bicyclic) bond motifs is 1. The molecule has 1 aliphatic heterocycles. The summed E-state index contributed by atoms with van der Waals surface area (Å²) in [6.45, 7) is 2.24. The van der Waals surface area contributed by atoms with Crippen LogP contribution in [-0.2, 0) is 10.0 Å². The number of nitrogens with zero attached hydrogens (tertiary/aromatic N) is 4. The van der Waals surface area contributed by atoms with Crippen molar-refractivity contribution in [2.75, 3.05) is 24.6 Å². The van der Waals surface area contributed by atoms with Gasteiger partial charge in [0, 0.05) is 25.2 Å². The molecule has 34 heavy (non-hydrogen) atoms. The second-order valence-electron chi connectivity index (χ2n) is 8.22. The second kappa shape index (κ2) is 8.54. The number of nitrogens with one attached hydrogen (secondary N) is 1. The van der Waals surface area contributed by atoms with E-state index in [4.69, 9.17) is 9.93 Å². The molecule has 1 aromatic heterocycles. The highest BCUT2D eigenvalue weighted by Crippen LogP contribution is 2.24. The van der Waals surface area contributed by atoms with Gasteiger partial charge in [-0.25, -0.2) is 8.42 Å². The van der Waals surface area contributed by atoms with Crippen molar-refractivity contribution in [3.63, 3.8) is 0 Å². The molecule has 1 N–H and O–H groups in total. The van der Waals surface area contributed by atoms with Crippen LogP contribution in [0.25, 0.3) is 10.8 Å². The van der Waals surface area contributed by atoms with Crippen LogP contribution in [0, 0.1) is 12.3 Å². The molecule has 10 heteroatoms. The Labute approximate surface area is 196 Å². The third-order valence-corrected chi connectivity index (χ3v) is 7.95. The van der Waals surface area contributed by atoms with Crippen LogP contribution in [0.2, 0.25) is 0 Å². The highest BCUT2D eigenvalue weighted by molar-refractivity contribution is 7.89. The number of hydrogen-bond acceptors (Lipinski definition) is 6. The second-order valence-corrected chi connectivity index (χ2v) is 10.2. The van der Waals surface area contributed by atoms with E-state index in [0.29, 0.717) is 5.56 Å². The van der Waals surface area contributed by atoms with Crippen LogP contribution in [0.1, 0.15) is 15.9 Å². The lowest BCUT2D eigenvalue weighted by atomic mass is 9.96. The lowest BCUT2D eigenvalue weighted by Gasteiger charge is -2.40. The quantitative estimate of drug-likeness (QED) is 0.343. The Bertz CT molecular complexity index is 1530. The van der Waals surface area contributed by atoms with Crippen LogP contribution in [-0.4, -0.2) is 44.2 Å². The van der Waals surface area contributed by atoms with Gasteiger partial charge in [0.2, 0.25) is 10.0 Å². The Balaban J connectivity index is 1.55. The smallest absolute Gasteiger partial charge is 0.286 e. The van der Waals surface area contributed by atoms with Gasteiger partial charge < -0.3 is 4.52 Å². The van der Waals surface area contributed by atoms with E-state index in [1.54, 1.807) is 35.3 Å². The topological polar surface area (TPSA) is 113 Å². The lowest BCUT2D eigenvalue weighted by Crippen LogP contribution is -2.73. The first kappa shape index (κ1) is 22.1. The Kier molecular flexibility index (Phi) is 5.54. The third kappa shape index (κ3) is 3.91. The number of Topliss-reactive ketones (excluding diaryl/α,β-unsaturated/α-hetero) is 1. The van der Waals surface area contributed by atoms with Crippen LogP contribution >= 0.6 is 0 Å². The Morgan fingerprint density at radius 3 is 2.56 bits per heavy atom. The number of hydrogen-bond donors (Lipinski definition) is 1. The first-order valence-electron chi connectivity index (χ1n) is 10.8. The maximum absolute atomic E-state index is 13.8. The fourth-order valence-electron chi connectivity index (χ4n) is 4.37. The molecule has 9 nitrogen and oxygen atoms in total. The fourth-order valence-corrected chi connectivity index (χ4v) is 5.83. The zero-order valence-electron chi connectivity index (χ0n) is 18.5. The number of carbonyl (C=O) groups excluding carboxylic acids is 1. The molecule has 2 heterocycles. The van der Waals surface area contributed by atoms with Crippen molar-refractivity contribution >= 4 is 26.6 Å². The van der Waals surface area contributed by atoms with Crippen molar-refractivity contribution in [3.05, 3.63) is 89.6 Å². The summed E-state index contributed by atoms with van der Waals surface area (Å²) < 4.78 is 32.8. The minimum Gasteiger partial charge on any atom is -0.380 e. The largest absolute Gasteiger partial charge is 0.380 e. The van der Waals surface area contributed by atoms with Crippen molar-refractivity contribution in [2.45, 2.75) is 17.9 Å². The van der Waals surface area contributed by atoms with Gasteiger partial charge >= 0.3 is 0 Å². The Morgan fingerprint density at radius 1 is 1.09 bits per heavy atom. The third-order valence-electron chi connectivity index (χ3n) is 6.07. The van der Waals surface area contributed by atoms with Crippen molar-refractivity contribution in [1.29, 1.82) is 5.41 Å². The normalized spacial score (nSPS) is 17.2. The number of rotatable bonds is 5. The van der Waals surface area contributed by atoms with Gasteiger partial charge in [0.05, 0.1) is 10.9 Å². The molecule has 0 saturated carbocycles. The van der Waals surface area contributed by atoms with Gasteiger partial charge in [0.25, 0.3) is 11.8 Å². The highest BCUT2D eigenvalue weighted by Gasteiger charge is 2.38. The molecule has 0 radical (unpaired) electrons. The van der Waals surface area contributed by atoms with Gasteiger partial charge in [-0.1, -0.05) is 47.3 Å². The number of sulfonamides is 1. The molecule has 5 rings (SSSR count). The molecule has 4 aromatic rings. The summed E-state index contributed by atoms with van der Waals surface area (Å²) in [7, 11) is -3.79. The van der Waals surface area contributed by atoms with E-state index >= 15 is 0 Å². The minimum atomic E-state index is -3.79. The van der Waals surface area contributed by atoms with Crippen LogP contribution < -0.4 is 20.6 Å². The predicted octanol–water partition coefficient (Wildman–Crippen LogP) is 1.36. The van der Waals surface area contributed by atoms with E-state index in [0.717, 1.165) is 16.3 Å². The highest BCUT2D eigenvalue weighted by atomic mass is 32.2. The zero-order chi connectivity index (χ0) is 23.9. The summed E-state index contributed by atoms with van der Waals surface area (Å²) in [5.41, 5.74) is 1.28.